The van der Waals surface area contributed by atoms with Crippen molar-refractivity contribution in [2.45, 2.75) is 13.0 Å². The van der Waals surface area contributed by atoms with Gasteiger partial charge in [0.25, 0.3) is 0 Å². The highest BCUT2D eigenvalue weighted by molar-refractivity contribution is 5.24. The summed E-state index contributed by atoms with van der Waals surface area (Å²) in [6, 6.07) is 3.60. The van der Waals surface area contributed by atoms with Gasteiger partial charge in [-0.2, -0.15) is 5.10 Å². The Morgan fingerprint density at radius 2 is 2.29 bits per heavy atom. The summed E-state index contributed by atoms with van der Waals surface area (Å²) in [5.41, 5.74) is 1.67. The Morgan fingerprint density at radius 3 is 2.79 bits per heavy atom. The highest BCUT2D eigenvalue weighted by Gasteiger charge is 2.18. The largest absolute Gasteiger partial charge is 0.466 e. The van der Waals surface area contributed by atoms with Gasteiger partial charge in [-0.25, -0.2) is 0 Å². The second-order valence-electron chi connectivity index (χ2n) is 3.25. The van der Waals surface area contributed by atoms with Gasteiger partial charge in [-0.15, -0.1) is 0 Å². The maximum absolute atomic E-state index is 9.98. The maximum Gasteiger partial charge on any atom is 0.153 e. The molecule has 0 saturated carbocycles. The van der Waals surface area contributed by atoms with Crippen LogP contribution >= 0.6 is 0 Å². The third kappa shape index (κ3) is 1.33. The van der Waals surface area contributed by atoms with Crippen molar-refractivity contribution in [1.29, 1.82) is 0 Å². The Bertz CT molecular complexity index is 391. The van der Waals surface area contributed by atoms with Crippen molar-refractivity contribution in [3.8, 4) is 0 Å². The summed E-state index contributed by atoms with van der Waals surface area (Å²) < 4.78 is 6.85. The van der Waals surface area contributed by atoms with Crippen LogP contribution in [0.4, 0.5) is 0 Å². The van der Waals surface area contributed by atoms with E-state index in [9.17, 15) is 5.11 Å². The minimum absolute atomic E-state index is 0.577. The molecule has 0 radical (unpaired) electrons. The molecule has 0 bridgehead atoms. The van der Waals surface area contributed by atoms with E-state index in [2.05, 4.69) is 5.10 Å². The summed E-state index contributed by atoms with van der Waals surface area (Å²) in [5, 5.41) is 14.0. The minimum atomic E-state index is -0.738. The second kappa shape index (κ2) is 3.31. The van der Waals surface area contributed by atoms with Gasteiger partial charge in [0.05, 0.1) is 12.0 Å². The molecule has 0 aliphatic carbocycles. The Labute approximate surface area is 81.8 Å². The van der Waals surface area contributed by atoms with Crippen molar-refractivity contribution in [3.63, 3.8) is 0 Å². The van der Waals surface area contributed by atoms with E-state index in [1.54, 1.807) is 30.3 Å². The van der Waals surface area contributed by atoms with Gasteiger partial charge >= 0.3 is 0 Å². The number of aromatic nitrogens is 2. The lowest BCUT2D eigenvalue weighted by molar-refractivity contribution is 0.179. The molecule has 4 heteroatoms. The average molecular weight is 192 g/mol. The van der Waals surface area contributed by atoms with Crippen LogP contribution in [0.2, 0.25) is 0 Å². The number of aliphatic hydroxyl groups is 1. The molecular formula is C10H12N2O2. The number of aryl methyl sites for hydroxylation is 2. The van der Waals surface area contributed by atoms with Crippen molar-refractivity contribution < 1.29 is 9.52 Å². The summed E-state index contributed by atoms with van der Waals surface area (Å²) in [6.07, 6.45) is 2.48. The molecule has 14 heavy (non-hydrogen) atoms. The van der Waals surface area contributed by atoms with E-state index in [0.717, 1.165) is 11.3 Å². The Balaban J connectivity index is 2.38. The molecule has 74 valence electrons. The number of hydrogen-bond acceptors (Lipinski definition) is 3. The normalized spacial score (nSPS) is 13.1. The third-order valence-electron chi connectivity index (χ3n) is 2.29. The Kier molecular flexibility index (Phi) is 2.13. The number of nitrogens with zero attached hydrogens (tertiary/aromatic N) is 2. The second-order valence-corrected chi connectivity index (χ2v) is 3.25. The average Bonchev–Trinajstić information content (AvgIpc) is 2.73. The predicted molar refractivity (Wildman–Crippen MR) is 50.7 cm³/mol. The lowest BCUT2D eigenvalue weighted by Gasteiger charge is -2.08. The van der Waals surface area contributed by atoms with E-state index in [-0.39, 0.29) is 0 Å². The van der Waals surface area contributed by atoms with Crippen molar-refractivity contribution in [3.05, 3.63) is 41.6 Å². The van der Waals surface area contributed by atoms with Gasteiger partial charge in [0.1, 0.15) is 5.76 Å². The first-order valence-corrected chi connectivity index (χ1v) is 4.40. The van der Waals surface area contributed by atoms with Crippen LogP contribution in [0.15, 0.2) is 29.0 Å². The highest BCUT2D eigenvalue weighted by atomic mass is 16.4. The van der Waals surface area contributed by atoms with Gasteiger partial charge < -0.3 is 9.52 Å². The summed E-state index contributed by atoms with van der Waals surface area (Å²) in [4.78, 5) is 0. The molecule has 2 heterocycles. The fourth-order valence-electron chi connectivity index (χ4n) is 1.45. The molecule has 2 rings (SSSR count). The molecule has 0 saturated heterocycles. The number of hydrogen-bond donors (Lipinski definition) is 1. The SMILES string of the molecule is Cc1ccoc1C(O)c1ccnn1C. The molecular weight excluding hydrogens is 180 g/mol. The first-order valence-electron chi connectivity index (χ1n) is 4.40. The fourth-order valence-corrected chi connectivity index (χ4v) is 1.45. The molecule has 0 fully saturated rings. The lowest BCUT2D eigenvalue weighted by Crippen LogP contribution is -2.06. The van der Waals surface area contributed by atoms with Gasteiger partial charge in [0, 0.05) is 13.2 Å². The van der Waals surface area contributed by atoms with Gasteiger partial charge in [-0.1, -0.05) is 0 Å². The van der Waals surface area contributed by atoms with Crippen LogP contribution in [0, 0.1) is 6.92 Å². The smallest absolute Gasteiger partial charge is 0.153 e. The molecule has 0 aliphatic rings. The molecule has 0 aromatic carbocycles. The van der Waals surface area contributed by atoms with Crippen LogP contribution in [0.25, 0.3) is 0 Å². The molecule has 1 unspecified atom stereocenters. The van der Waals surface area contributed by atoms with Crippen molar-refractivity contribution in [2.24, 2.45) is 7.05 Å². The highest BCUT2D eigenvalue weighted by Crippen LogP contribution is 2.24. The minimum Gasteiger partial charge on any atom is -0.466 e. The zero-order chi connectivity index (χ0) is 10.1. The van der Waals surface area contributed by atoms with Crippen molar-refractivity contribution >= 4 is 0 Å². The topological polar surface area (TPSA) is 51.2 Å². The Hall–Kier alpha value is -1.55. The fraction of sp³-hybridized carbons (Fsp3) is 0.300. The van der Waals surface area contributed by atoms with Gasteiger partial charge in [-0.05, 0) is 24.6 Å². The molecule has 0 aliphatic heterocycles. The summed E-state index contributed by atoms with van der Waals surface area (Å²) in [5.74, 6) is 0.577. The van der Waals surface area contributed by atoms with Crippen molar-refractivity contribution in [2.75, 3.05) is 0 Å². The van der Waals surface area contributed by atoms with E-state index in [0.29, 0.717) is 5.76 Å². The van der Waals surface area contributed by atoms with Crippen LogP contribution in [-0.2, 0) is 7.05 Å². The zero-order valence-corrected chi connectivity index (χ0v) is 8.14. The molecule has 2 aromatic heterocycles. The van der Waals surface area contributed by atoms with E-state index in [1.165, 1.54) is 0 Å². The lowest BCUT2D eigenvalue weighted by atomic mass is 10.1. The predicted octanol–water partition coefficient (Wildman–Crippen LogP) is 1.40. The quantitative estimate of drug-likeness (QED) is 0.782. The van der Waals surface area contributed by atoms with E-state index in [1.807, 2.05) is 13.0 Å². The van der Waals surface area contributed by atoms with Gasteiger partial charge in [0.2, 0.25) is 0 Å². The zero-order valence-electron chi connectivity index (χ0n) is 8.14. The third-order valence-corrected chi connectivity index (χ3v) is 2.29. The van der Waals surface area contributed by atoms with Crippen LogP contribution < -0.4 is 0 Å². The molecule has 0 amide bonds. The van der Waals surface area contributed by atoms with Crippen LogP contribution in [0.5, 0.6) is 0 Å². The summed E-state index contributed by atoms with van der Waals surface area (Å²) in [6.45, 7) is 1.90. The van der Waals surface area contributed by atoms with E-state index < -0.39 is 6.10 Å². The number of aliphatic hydroxyl groups excluding tert-OH is 1. The Morgan fingerprint density at radius 1 is 1.50 bits per heavy atom. The molecule has 0 spiro atoms. The summed E-state index contributed by atoms with van der Waals surface area (Å²) in [7, 11) is 1.79. The van der Waals surface area contributed by atoms with Crippen LogP contribution in [0.1, 0.15) is 23.1 Å². The molecule has 1 atom stereocenters. The van der Waals surface area contributed by atoms with Gasteiger partial charge in [-0.3, -0.25) is 4.68 Å². The number of furan rings is 1. The molecule has 2 aromatic rings. The van der Waals surface area contributed by atoms with E-state index >= 15 is 0 Å². The first kappa shape index (κ1) is 9.02. The van der Waals surface area contributed by atoms with Gasteiger partial charge in [0.15, 0.2) is 6.10 Å². The standard InChI is InChI=1S/C10H12N2O2/c1-7-4-6-14-10(7)9(13)8-3-5-11-12(8)2/h3-6,9,13H,1-2H3. The van der Waals surface area contributed by atoms with Crippen LogP contribution in [-0.4, -0.2) is 14.9 Å². The van der Waals surface area contributed by atoms with E-state index in [4.69, 9.17) is 4.42 Å². The first-order chi connectivity index (χ1) is 6.70. The monoisotopic (exact) mass is 192 g/mol. The van der Waals surface area contributed by atoms with Crippen LogP contribution in [0.3, 0.4) is 0 Å². The molecule has 1 N–H and O–H groups in total. The molecule has 4 nitrogen and oxygen atoms in total. The maximum atomic E-state index is 9.98. The summed E-state index contributed by atoms with van der Waals surface area (Å²) >= 11 is 0. The van der Waals surface area contributed by atoms with Crippen molar-refractivity contribution in [1.82, 2.24) is 9.78 Å². The number of rotatable bonds is 2.